The molecule has 1 aromatic carbocycles. The van der Waals surface area contributed by atoms with Crippen molar-refractivity contribution in [1.82, 2.24) is 0 Å². The largest absolute Gasteiger partial charge is 0.494 e. The lowest BCUT2D eigenvalue weighted by Crippen LogP contribution is -2.18. The molecule has 0 bridgehead atoms. The summed E-state index contributed by atoms with van der Waals surface area (Å²) in [6.45, 7) is 2.60. The summed E-state index contributed by atoms with van der Waals surface area (Å²) < 4.78 is 5.35. The Morgan fingerprint density at radius 2 is 2.06 bits per heavy atom. The maximum absolute atomic E-state index is 11.9. The van der Waals surface area contributed by atoms with Crippen LogP contribution in [0.15, 0.2) is 24.3 Å². The number of carbonyl (C=O) groups is 1. The molecule has 1 aliphatic rings. The van der Waals surface area contributed by atoms with Crippen LogP contribution in [0.5, 0.6) is 5.75 Å². The van der Waals surface area contributed by atoms with Crippen molar-refractivity contribution in [2.24, 2.45) is 5.41 Å². The molecule has 0 aliphatic heterocycles. The zero-order chi connectivity index (χ0) is 13.0. The number of nitrogens with one attached hydrogen (secondary N) is 1. The van der Waals surface area contributed by atoms with Crippen molar-refractivity contribution in [2.45, 2.75) is 26.2 Å². The van der Waals surface area contributed by atoms with Crippen LogP contribution in [-0.4, -0.2) is 18.3 Å². The summed E-state index contributed by atoms with van der Waals surface area (Å²) in [4.78, 5) is 11.9. The molecule has 2 rings (SSSR count). The minimum absolute atomic E-state index is 0.0747. The lowest BCUT2D eigenvalue weighted by Gasteiger charge is -2.12. The fourth-order valence-electron chi connectivity index (χ4n) is 1.91. The predicted molar refractivity (Wildman–Crippen MR) is 76.4 cm³/mol. The van der Waals surface area contributed by atoms with Gasteiger partial charge in [-0.1, -0.05) is 0 Å². The first kappa shape index (κ1) is 13.3. The molecule has 0 atom stereocenters. The summed E-state index contributed by atoms with van der Waals surface area (Å²) in [6.07, 6.45) is 2.81. The zero-order valence-electron chi connectivity index (χ0n) is 10.6. The summed E-state index contributed by atoms with van der Waals surface area (Å²) in [6, 6.07) is 7.46. The van der Waals surface area contributed by atoms with Gasteiger partial charge < -0.3 is 10.1 Å². The number of benzene rings is 1. The minimum Gasteiger partial charge on any atom is -0.494 e. The fraction of sp³-hybridized carbons (Fsp3) is 0.500. The SMILES string of the molecule is CCOc1ccc(NC(=O)CC2(CS)CC2)cc1. The second kappa shape index (κ2) is 5.65. The molecule has 98 valence electrons. The topological polar surface area (TPSA) is 38.3 Å². The van der Waals surface area contributed by atoms with Crippen LogP contribution in [0, 0.1) is 5.41 Å². The number of ether oxygens (including phenoxy) is 1. The van der Waals surface area contributed by atoms with Gasteiger partial charge in [-0.2, -0.15) is 12.6 Å². The van der Waals surface area contributed by atoms with E-state index < -0.39 is 0 Å². The quantitative estimate of drug-likeness (QED) is 0.776. The van der Waals surface area contributed by atoms with E-state index >= 15 is 0 Å². The number of rotatable bonds is 6. The van der Waals surface area contributed by atoms with E-state index in [1.54, 1.807) is 0 Å². The predicted octanol–water partition coefficient (Wildman–Crippen LogP) is 3.12. The van der Waals surface area contributed by atoms with E-state index in [9.17, 15) is 4.79 Å². The van der Waals surface area contributed by atoms with Gasteiger partial charge in [0.2, 0.25) is 5.91 Å². The van der Waals surface area contributed by atoms with Gasteiger partial charge in [-0.3, -0.25) is 4.79 Å². The fourth-order valence-corrected chi connectivity index (χ4v) is 2.34. The third-order valence-electron chi connectivity index (χ3n) is 3.28. The molecular weight excluding hydrogens is 246 g/mol. The molecule has 0 radical (unpaired) electrons. The molecule has 1 aromatic rings. The number of hydrogen-bond donors (Lipinski definition) is 2. The molecule has 1 N–H and O–H groups in total. The Morgan fingerprint density at radius 1 is 1.39 bits per heavy atom. The summed E-state index contributed by atoms with van der Waals surface area (Å²) >= 11 is 4.30. The molecule has 1 saturated carbocycles. The van der Waals surface area contributed by atoms with E-state index in [4.69, 9.17) is 4.74 Å². The van der Waals surface area contributed by atoms with Crippen LogP contribution in [0.2, 0.25) is 0 Å². The van der Waals surface area contributed by atoms with Gasteiger partial charge in [0, 0.05) is 12.1 Å². The van der Waals surface area contributed by atoms with Crippen molar-refractivity contribution in [3.63, 3.8) is 0 Å². The van der Waals surface area contributed by atoms with Crippen LogP contribution in [0.3, 0.4) is 0 Å². The zero-order valence-corrected chi connectivity index (χ0v) is 11.5. The average Bonchev–Trinajstić information content (AvgIpc) is 3.12. The Labute approximate surface area is 113 Å². The Morgan fingerprint density at radius 3 is 2.56 bits per heavy atom. The normalized spacial score (nSPS) is 16.1. The summed E-state index contributed by atoms with van der Waals surface area (Å²) in [5.41, 5.74) is 0.983. The third kappa shape index (κ3) is 3.42. The average molecular weight is 265 g/mol. The van der Waals surface area contributed by atoms with Crippen molar-refractivity contribution >= 4 is 24.2 Å². The number of carbonyl (C=O) groups excluding carboxylic acids is 1. The van der Waals surface area contributed by atoms with Crippen LogP contribution in [0.4, 0.5) is 5.69 Å². The molecule has 0 heterocycles. The lowest BCUT2D eigenvalue weighted by atomic mass is 10.1. The van der Waals surface area contributed by atoms with Crippen LogP contribution >= 0.6 is 12.6 Å². The van der Waals surface area contributed by atoms with Gasteiger partial charge in [-0.15, -0.1) is 0 Å². The third-order valence-corrected chi connectivity index (χ3v) is 3.95. The standard InChI is InChI=1S/C14H19NO2S/c1-2-17-12-5-3-11(4-6-12)15-13(16)9-14(10-18)7-8-14/h3-6,18H,2,7-10H2,1H3,(H,15,16). The monoisotopic (exact) mass is 265 g/mol. The first-order chi connectivity index (χ1) is 8.67. The first-order valence-corrected chi connectivity index (χ1v) is 6.94. The Hall–Kier alpha value is -1.16. The van der Waals surface area contributed by atoms with E-state index in [0.29, 0.717) is 13.0 Å². The first-order valence-electron chi connectivity index (χ1n) is 6.31. The Bertz CT molecular complexity index is 412. The van der Waals surface area contributed by atoms with E-state index in [-0.39, 0.29) is 11.3 Å². The highest BCUT2D eigenvalue weighted by atomic mass is 32.1. The highest BCUT2D eigenvalue weighted by Gasteiger charge is 2.42. The van der Waals surface area contributed by atoms with Gasteiger partial charge in [0.15, 0.2) is 0 Å². The molecule has 1 aliphatic carbocycles. The van der Waals surface area contributed by atoms with Crippen LogP contribution < -0.4 is 10.1 Å². The second-order valence-electron chi connectivity index (χ2n) is 4.84. The molecular formula is C14H19NO2S. The van der Waals surface area contributed by atoms with Gasteiger partial charge in [0.1, 0.15) is 5.75 Å². The molecule has 4 heteroatoms. The highest BCUT2D eigenvalue weighted by Crippen LogP contribution is 2.49. The van der Waals surface area contributed by atoms with Crippen molar-refractivity contribution < 1.29 is 9.53 Å². The number of hydrogen-bond acceptors (Lipinski definition) is 3. The van der Waals surface area contributed by atoms with Gasteiger partial charge in [-0.25, -0.2) is 0 Å². The second-order valence-corrected chi connectivity index (χ2v) is 5.16. The van der Waals surface area contributed by atoms with Crippen molar-refractivity contribution in [1.29, 1.82) is 0 Å². The van der Waals surface area contributed by atoms with Gasteiger partial charge in [0.25, 0.3) is 0 Å². The molecule has 0 spiro atoms. The van der Waals surface area contributed by atoms with E-state index in [1.807, 2.05) is 31.2 Å². The van der Waals surface area contributed by atoms with Crippen molar-refractivity contribution in [3.05, 3.63) is 24.3 Å². The highest BCUT2D eigenvalue weighted by molar-refractivity contribution is 7.80. The molecule has 3 nitrogen and oxygen atoms in total. The minimum atomic E-state index is 0.0747. The smallest absolute Gasteiger partial charge is 0.224 e. The summed E-state index contributed by atoms with van der Waals surface area (Å²) in [7, 11) is 0. The molecule has 18 heavy (non-hydrogen) atoms. The molecule has 0 saturated heterocycles. The van der Waals surface area contributed by atoms with Crippen LogP contribution in [0.25, 0.3) is 0 Å². The summed E-state index contributed by atoms with van der Waals surface area (Å²) in [5, 5.41) is 2.91. The molecule has 1 amide bonds. The molecule has 0 aromatic heterocycles. The molecule has 0 unspecified atom stereocenters. The van der Waals surface area contributed by atoms with Crippen molar-refractivity contribution in [3.8, 4) is 5.75 Å². The summed E-state index contributed by atoms with van der Waals surface area (Å²) in [5.74, 6) is 1.69. The van der Waals surface area contributed by atoms with Crippen LogP contribution in [0.1, 0.15) is 26.2 Å². The van der Waals surface area contributed by atoms with Crippen molar-refractivity contribution in [2.75, 3.05) is 17.7 Å². The number of anilines is 1. The number of amides is 1. The van der Waals surface area contributed by atoms with E-state index in [0.717, 1.165) is 30.0 Å². The van der Waals surface area contributed by atoms with E-state index in [2.05, 4.69) is 17.9 Å². The maximum Gasteiger partial charge on any atom is 0.224 e. The number of thiol groups is 1. The van der Waals surface area contributed by atoms with E-state index in [1.165, 1.54) is 0 Å². The molecule has 1 fully saturated rings. The maximum atomic E-state index is 11.9. The van der Waals surface area contributed by atoms with Crippen LogP contribution in [-0.2, 0) is 4.79 Å². The Balaban J connectivity index is 1.87. The van der Waals surface area contributed by atoms with Gasteiger partial charge in [0.05, 0.1) is 6.61 Å². The van der Waals surface area contributed by atoms with Gasteiger partial charge in [-0.05, 0) is 55.2 Å². The Kier molecular flexibility index (Phi) is 4.17. The van der Waals surface area contributed by atoms with Gasteiger partial charge >= 0.3 is 0 Å². The lowest BCUT2D eigenvalue weighted by molar-refractivity contribution is -0.117.